The number of aryl methyl sites for hydroxylation is 1. The predicted octanol–water partition coefficient (Wildman–Crippen LogP) is 4.74. The van der Waals surface area contributed by atoms with Gasteiger partial charge in [-0.1, -0.05) is 39.7 Å². The highest BCUT2D eigenvalue weighted by Crippen LogP contribution is 2.36. The van der Waals surface area contributed by atoms with Crippen molar-refractivity contribution < 1.29 is 19.0 Å². The van der Waals surface area contributed by atoms with Gasteiger partial charge in [-0.25, -0.2) is 4.98 Å². The van der Waals surface area contributed by atoms with Crippen molar-refractivity contribution in [3.8, 4) is 17.4 Å². The zero-order valence-electron chi connectivity index (χ0n) is 18.8. The van der Waals surface area contributed by atoms with E-state index in [1.165, 1.54) is 0 Å². The van der Waals surface area contributed by atoms with Gasteiger partial charge in [-0.05, 0) is 50.2 Å². The van der Waals surface area contributed by atoms with Gasteiger partial charge in [0.25, 0.3) is 5.91 Å². The number of aromatic nitrogens is 1. The molecule has 1 amide bonds. The minimum absolute atomic E-state index is 0.133. The Kier molecular flexibility index (Phi) is 9.53. The molecule has 33 heavy (non-hydrogen) atoms. The molecular formula is C25H28BrN3O4. The number of hydrogen-bond acceptors (Lipinski definition) is 6. The molecule has 0 spiro atoms. The van der Waals surface area contributed by atoms with Crippen molar-refractivity contribution in [2.24, 2.45) is 0 Å². The van der Waals surface area contributed by atoms with E-state index in [9.17, 15) is 4.79 Å². The molecule has 0 aliphatic rings. The van der Waals surface area contributed by atoms with Gasteiger partial charge in [-0.2, -0.15) is 0 Å². The number of methoxy groups -OCH3 is 1. The summed E-state index contributed by atoms with van der Waals surface area (Å²) in [5.74, 6) is 1.47. The first-order chi connectivity index (χ1) is 16.1. The fourth-order valence-electron chi connectivity index (χ4n) is 3.06. The lowest BCUT2D eigenvalue weighted by Gasteiger charge is -2.17. The number of halogens is 1. The van der Waals surface area contributed by atoms with Crippen molar-refractivity contribution in [1.82, 2.24) is 10.3 Å². The third kappa shape index (κ3) is 7.76. The van der Waals surface area contributed by atoms with Crippen LogP contribution in [0.4, 0.5) is 5.69 Å². The highest BCUT2D eigenvalue weighted by atomic mass is 79.9. The van der Waals surface area contributed by atoms with Crippen LogP contribution in [-0.2, 0) is 11.3 Å². The van der Waals surface area contributed by atoms with E-state index in [0.717, 1.165) is 34.3 Å². The molecule has 174 valence electrons. The summed E-state index contributed by atoms with van der Waals surface area (Å²) in [6.07, 6.45) is 2.52. The quantitative estimate of drug-likeness (QED) is 0.340. The lowest BCUT2D eigenvalue weighted by atomic mass is 10.1. The van der Waals surface area contributed by atoms with Crippen LogP contribution in [0.15, 0.2) is 65.3 Å². The summed E-state index contributed by atoms with van der Waals surface area (Å²) in [6.45, 7) is 3.70. The van der Waals surface area contributed by atoms with Crippen molar-refractivity contribution in [2.45, 2.75) is 19.9 Å². The van der Waals surface area contributed by atoms with Gasteiger partial charge in [0.05, 0.1) is 13.7 Å². The van der Waals surface area contributed by atoms with E-state index in [1.807, 2.05) is 61.5 Å². The van der Waals surface area contributed by atoms with E-state index in [4.69, 9.17) is 14.2 Å². The largest absolute Gasteiger partial charge is 0.493 e. The molecule has 0 bridgehead atoms. The summed E-state index contributed by atoms with van der Waals surface area (Å²) in [6, 6.07) is 16.9. The zero-order valence-corrected chi connectivity index (χ0v) is 20.4. The minimum atomic E-state index is -0.244. The van der Waals surface area contributed by atoms with Gasteiger partial charge in [0.1, 0.15) is 0 Å². The molecule has 3 aromatic rings. The number of benzene rings is 2. The Bertz CT molecular complexity index is 1030. The number of pyridine rings is 1. The van der Waals surface area contributed by atoms with Crippen molar-refractivity contribution >= 4 is 27.5 Å². The summed E-state index contributed by atoms with van der Waals surface area (Å²) < 4.78 is 17.8. The SMILES string of the molecule is COc1ccc(Br)c(CNCCCOc2ccccn2)c1OCC(=O)Nc1ccc(C)cc1. The molecule has 0 saturated heterocycles. The molecule has 0 aliphatic heterocycles. The van der Waals surface area contributed by atoms with E-state index in [2.05, 4.69) is 31.5 Å². The first-order valence-corrected chi connectivity index (χ1v) is 11.5. The average molecular weight is 514 g/mol. The summed E-state index contributed by atoms with van der Waals surface area (Å²) in [7, 11) is 1.58. The Morgan fingerprint density at radius 3 is 2.61 bits per heavy atom. The highest BCUT2D eigenvalue weighted by molar-refractivity contribution is 9.10. The van der Waals surface area contributed by atoms with E-state index in [-0.39, 0.29) is 12.5 Å². The van der Waals surface area contributed by atoms with E-state index >= 15 is 0 Å². The molecule has 8 heteroatoms. The van der Waals surface area contributed by atoms with Crippen molar-refractivity contribution in [3.05, 3.63) is 76.4 Å². The molecular weight excluding hydrogens is 486 g/mol. The molecule has 2 N–H and O–H groups in total. The van der Waals surface area contributed by atoms with Crippen LogP contribution in [0.5, 0.6) is 17.4 Å². The zero-order chi connectivity index (χ0) is 23.5. The second-order valence-electron chi connectivity index (χ2n) is 7.31. The molecule has 7 nitrogen and oxygen atoms in total. The van der Waals surface area contributed by atoms with Gasteiger partial charge in [0, 0.05) is 34.5 Å². The second-order valence-corrected chi connectivity index (χ2v) is 8.16. The molecule has 0 fully saturated rings. The second kappa shape index (κ2) is 12.8. The third-order valence-electron chi connectivity index (χ3n) is 4.76. The number of anilines is 1. The van der Waals surface area contributed by atoms with Crippen molar-refractivity contribution in [2.75, 3.05) is 32.2 Å². The highest BCUT2D eigenvalue weighted by Gasteiger charge is 2.16. The minimum Gasteiger partial charge on any atom is -0.493 e. The maximum atomic E-state index is 12.4. The molecule has 1 heterocycles. The number of carbonyl (C=O) groups excluding carboxylic acids is 1. The molecule has 0 saturated carbocycles. The Balaban J connectivity index is 1.53. The summed E-state index contributed by atoms with van der Waals surface area (Å²) in [5.41, 5.74) is 2.73. The first kappa shape index (κ1) is 24.5. The number of nitrogens with zero attached hydrogens (tertiary/aromatic N) is 1. The summed E-state index contributed by atoms with van der Waals surface area (Å²) in [4.78, 5) is 16.5. The lowest BCUT2D eigenvalue weighted by molar-refractivity contribution is -0.118. The number of rotatable bonds is 12. The molecule has 1 aromatic heterocycles. The standard InChI is InChI=1S/C25H28BrN3O4/c1-18-7-9-19(10-8-18)29-23(30)17-33-25-20(21(26)11-12-22(25)31-2)16-27-13-5-15-32-24-6-3-4-14-28-24/h3-4,6-12,14,27H,5,13,15-17H2,1-2H3,(H,29,30). The Morgan fingerprint density at radius 2 is 1.88 bits per heavy atom. The predicted molar refractivity (Wildman–Crippen MR) is 132 cm³/mol. The molecule has 2 aromatic carbocycles. The molecule has 0 unspecified atom stereocenters. The van der Waals surface area contributed by atoms with Crippen LogP contribution in [0.1, 0.15) is 17.5 Å². The Morgan fingerprint density at radius 1 is 1.06 bits per heavy atom. The van der Waals surface area contributed by atoms with Crippen LogP contribution in [0.2, 0.25) is 0 Å². The van der Waals surface area contributed by atoms with Crippen LogP contribution in [0, 0.1) is 6.92 Å². The number of nitrogens with one attached hydrogen (secondary N) is 2. The van der Waals surface area contributed by atoms with Gasteiger partial charge in [0.2, 0.25) is 5.88 Å². The normalized spacial score (nSPS) is 10.5. The van der Waals surface area contributed by atoms with Gasteiger partial charge in [-0.3, -0.25) is 4.79 Å². The number of amides is 1. The number of ether oxygens (including phenoxy) is 3. The Hall–Kier alpha value is -3.10. The van der Waals surface area contributed by atoms with E-state index in [1.54, 1.807) is 13.3 Å². The summed E-state index contributed by atoms with van der Waals surface area (Å²) in [5, 5.41) is 6.23. The van der Waals surface area contributed by atoms with Crippen LogP contribution in [0.25, 0.3) is 0 Å². The Labute approximate surface area is 202 Å². The van der Waals surface area contributed by atoms with Crippen LogP contribution in [0.3, 0.4) is 0 Å². The maximum absolute atomic E-state index is 12.4. The van der Waals surface area contributed by atoms with Crippen molar-refractivity contribution in [3.63, 3.8) is 0 Å². The van der Waals surface area contributed by atoms with E-state index < -0.39 is 0 Å². The van der Waals surface area contributed by atoms with Gasteiger partial charge in [0.15, 0.2) is 18.1 Å². The maximum Gasteiger partial charge on any atom is 0.262 e. The van der Waals surface area contributed by atoms with Crippen LogP contribution < -0.4 is 24.8 Å². The fourth-order valence-corrected chi connectivity index (χ4v) is 3.51. The molecule has 0 aliphatic carbocycles. The smallest absolute Gasteiger partial charge is 0.262 e. The molecule has 0 radical (unpaired) electrons. The monoisotopic (exact) mass is 513 g/mol. The van der Waals surface area contributed by atoms with Gasteiger partial charge < -0.3 is 24.8 Å². The van der Waals surface area contributed by atoms with Crippen molar-refractivity contribution in [1.29, 1.82) is 0 Å². The first-order valence-electron chi connectivity index (χ1n) is 10.7. The average Bonchev–Trinajstić information content (AvgIpc) is 2.83. The fraction of sp³-hybridized carbons (Fsp3) is 0.280. The van der Waals surface area contributed by atoms with Gasteiger partial charge >= 0.3 is 0 Å². The van der Waals surface area contributed by atoms with E-state index in [0.29, 0.717) is 30.5 Å². The lowest BCUT2D eigenvalue weighted by Crippen LogP contribution is -2.22. The summed E-state index contributed by atoms with van der Waals surface area (Å²) >= 11 is 3.58. The van der Waals surface area contributed by atoms with Crippen LogP contribution >= 0.6 is 15.9 Å². The van der Waals surface area contributed by atoms with Gasteiger partial charge in [-0.15, -0.1) is 0 Å². The molecule has 3 rings (SSSR count). The number of hydrogen-bond donors (Lipinski definition) is 2. The van der Waals surface area contributed by atoms with Crippen LogP contribution in [-0.4, -0.2) is 37.8 Å². The number of carbonyl (C=O) groups is 1. The molecule has 0 atom stereocenters. The topological polar surface area (TPSA) is 81.7 Å². The third-order valence-corrected chi connectivity index (χ3v) is 5.50.